The molecule has 4 aromatic rings. The molecule has 1 unspecified atom stereocenters. The highest BCUT2D eigenvalue weighted by atomic mass is 16.5. The molecule has 0 saturated carbocycles. The Morgan fingerprint density at radius 1 is 0.941 bits per heavy atom. The molecule has 1 aliphatic heterocycles. The largest absolute Gasteiger partial charge is 0.507 e. The van der Waals surface area contributed by atoms with Crippen molar-refractivity contribution in [3.05, 3.63) is 108 Å². The van der Waals surface area contributed by atoms with Gasteiger partial charge in [-0.05, 0) is 60.2 Å². The van der Waals surface area contributed by atoms with E-state index in [1.807, 2.05) is 43.3 Å². The Morgan fingerprint density at radius 2 is 1.68 bits per heavy atom. The van der Waals surface area contributed by atoms with E-state index in [1.165, 1.54) is 4.90 Å². The average molecular weight is 450 g/mol. The normalized spacial score (nSPS) is 17.3. The second-order valence-corrected chi connectivity index (χ2v) is 7.91. The molecule has 6 heteroatoms. The van der Waals surface area contributed by atoms with Crippen molar-refractivity contribution in [2.75, 3.05) is 11.5 Å². The standard InChI is InChI=1S/C28H22N2O4/c1-2-34-22-14-12-21(13-15-22)30-25(23-9-5-6-16-29-23)24(27(32)28(30)33)26(31)20-11-10-18-7-3-4-8-19(18)17-20/h3-17,25,31H,2H2,1H3/b26-24-. The first-order valence-electron chi connectivity index (χ1n) is 11.0. The lowest BCUT2D eigenvalue weighted by atomic mass is 9.97. The maximum atomic E-state index is 13.3. The van der Waals surface area contributed by atoms with Crippen molar-refractivity contribution in [1.82, 2.24) is 4.98 Å². The summed E-state index contributed by atoms with van der Waals surface area (Å²) in [6.07, 6.45) is 1.60. The first kappa shape index (κ1) is 21.4. The number of aliphatic hydroxyl groups is 1. The van der Waals surface area contributed by atoms with Crippen LogP contribution < -0.4 is 9.64 Å². The molecule has 1 fully saturated rings. The molecule has 1 aromatic heterocycles. The van der Waals surface area contributed by atoms with E-state index in [-0.39, 0.29) is 11.3 Å². The summed E-state index contributed by atoms with van der Waals surface area (Å²) in [7, 11) is 0. The molecule has 0 bridgehead atoms. The van der Waals surface area contributed by atoms with Crippen molar-refractivity contribution >= 4 is 33.9 Å². The van der Waals surface area contributed by atoms with Crippen molar-refractivity contribution in [2.24, 2.45) is 0 Å². The summed E-state index contributed by atoms with van der Waals surface area (Å²) in [5.41, 5.74) is 1.47. The number of aliphatic hydroxyl groups excluding tert-OH is 1. The highest BCUT2D eigenvalue weighted by molar-refractivity contribution is 6.51. The van der Waals surface area contributed by atoms with Crippen LogP contribution in [0, 0.1) is 0 Å². The third-order valence-electron chi connectivity index (χ3n) is 5.86. The molecule has 1 aliphatic rings. The topological polar surface area (TPSA) is 79.7 Å². The lowest BCUT2D eigenvalue weighted by molar-refractivity contribution is -0.132. The highest BCUT2D eigenvalue weighted by Gasteiger charge is 2.47. The number of fused-ring (bicyclic) bond motifs is 1. The predicted molar refractivity (Wildman–Crippen MR) is 131 cm³/mol. The number of carbonyl (C=O) groups excluding carboxylic acids is 2. The smallest absolute Gasteiger partial charge is 0.300 e. The first-order valence-corrected chi connectivity index (χ1v) is 11.0. The maximum Gasteiger partial charge on any atom is 0.300 e. The predicted octanol–water partition coefficient (Wildman–Crippen LogP) is 5.26. The number of Topliss-reactive ketones (excluding diaryl/α,β-unsaturated/α-hetero) is 1. The Kier molecular flexibility index (Phi) is 5.55. The minimum absolute atomic E-state index is 0.00728. The van der Waals surface area contributed by atoms with E-state index in [4.69, 9.17) is 4.74 Å². The van der Waals surface area contributed by atoms with Gasteiger partial charge in [0.1, 0.15) is 17.6 Å². The van der Waals surface area contributed by atoms with Crippen LogP contribution in [0.15, 0.2) is 96.7 Å². The number of ether oxygens (including phenoxy) is 1. The lowest BCUT2D eigenvalue weighted by Crippen LogP contribution is -2.29. The van der Waals surface area contributed by atoms with Crippen molar-refractivity contribution in [3.63, 3.8) is 0 Å². The highest BCUT2D eigenvalue weighted by Crippen LogP contribution is 2.42. The Labute approximate surface area is 196 Å². The number of hydrogen-bond acceptors (Lipinski definition) is 5. The first-order chi connectivity index (χ1) is 16.6. The monoisotopic (exact) mass is 450 g/mol. The fourth-order valence-corrected chi connectivity index (χ4v) is 4.28. The molecule has 1 saturated heterocycles. The van der Waals surface area contributed by atoms with Gasteiger partial charge in [0, 0.05) is 17.4 Å². The molecule has 3 aromatic carbocycles. The van der Waals surface area contributed by atoms with Crippen molar-refractivity contribution in [1.29, 1.82) is 0 Å². The average Bonchev–Trinajstić information content (AvgIpc) is 3.15. The molecule has 168 valence electrons. The third-order valence-corrected chi connectivity index (χ3v) is 5.86. The van der Waals surface area contributed by atoms with Crippen molar-refractivity contribution in [3.8, 4) is 5.75 Å². The van der Waals surface area contributed by atoms with E-state index in [0.29, 0.717) is 29.3 Å². The van der Waals surface area contributed by atoms with Gasteiger partial charge < -0.3 is 9.84 Å². The van der Waals surface area contributed by atoms with Gasteiger partial charge in [-0.3, -0.25) is 19.5 Å². The lowest BCUT2D eigenvalue weighted by Gasteiger charge is -2.24. The molecule has 5 rings (SSSR count). The zero-order valence-electron chi connectivity index (χ0n) is 18.5. The molecule has 0 aliphatic carbocycles. The number of hydrogen-bond donors (Lipinski definition) is 1. The van der Waals surface area contributed by atoms with E-state index >= 15 is 0 Å². The van der Waals surface area contributed by atoms with Gasteiger partial charge in [-0.1, -0.05) is 42.5 Å². The number of ketones is 1. The van der Waals surface area contributed by atoms with Crippen molar-refractivity contribution in [2.45, 2.75) is 13.0 Å². The Bertz CT molecular complexity index is 1410. The zero-order valence-corrected chi connectivity index (χ0v) is 18.5. The number of aromatic nitrogens is 1. The molecular formula is C28H22N2O4. The van der Waals surface area contributed by atoms with E-state index in [1.54, 1.807) is 54.7 Å². The summed E-state index contributed by atoms with van der Waals surface area (Å²) in [5.74, 6) is -1.04. The summed E-state index contributed by atoms with van der Waals surface area (Å²) in [6, 6.07) is 24.5. The number of anilines is 1. The molecule has 34 heavy (non-hydrogen) atoms. The third kappa shape index (κ3) is 3.69. The Balaban J connectivity index is 1.67. The quantitative estimate of drug-likeness (QED) is 0.255. The molecule has 2 heterocycles. The number of rotatable bonds is 5. The van der Waals surface area contributed by atoms with Gasteiger partial charge in [0.05, 0.1) is 17.9 Å². The number of benzene rings is 3. The number of amides is 1. The maximum absolute atomic E-state index is 13.3. The summed E-state index contributed by atoms with van der Waals surface area (Å²) < 4.78 is 5.50. The van der Waals surface area contributed by atoms with Crippen molar-refractivity contribution < 1.29 is 19.4 Å². The summed E-state index contributed by atoms with van der Waals surface area (Å²) >= 11 is 0. The number of carbonyl (C=O) groups is 2. The van der Waals surface area contributed by atoms with Gasteiger partial charge in [0.25, 0.3) is 11.7 Å². The van der Waals surface area contributed by atoms with Gasteiger partial charge in [0.2, 0.25) is 0 Å². The summed E-state index contributed by atoms with van der Waals surface area (Å²) in [5, 5.41) is 13.2. The second-order valence-electron chi connectivity index (χ2n) is 7.91. The Morgan fingerprint density at radius 3 is 2.38 bits per heavy atom. The minimum Gasteiger partial charge on any atom is -0.507 e. The number of pyridine rings is 1. The van der Waals surface area contributed by atoms with Crippen LogP contribution in [-0.4, -0.2) is 28.4 Å². The Hall–Kier alpha value is -4.45. The molecule has 0 radical (unpaired) electrons. The SMILES string of the molecule is CCOc1ccc(N2C(=O)C(=O)/C(=C(\O)c3ccc4ccccc4c3)C2c2ccccn2)cc1. The van der Waals surface area contributed by atoms with Crippen LogP contribution in [0.25, 0.3) is 16.5 Å². The summed E-state index contributed by atoms with van der Waals surface area (Å²) in [4.78, 5) is 32.3. The minimum atomic E-state index is -0.870. The van der Waals surface area contributed by atoms with Gasteiger partial charge in [-0.2, -0.15) is 0 Å². The number of nitrogens with zero attached hydrogens (tertiary/aromatic N) is 2. The fraction of sp³-hybridized carbons (Fsp3) is 0.107. The van der Waals surface area contributed by atoms with E-state index in [2.05, 4.69) is 4.98 Å². The van der Waals surface area contributed by atoms with Crippen LogP contribution in [0.5, 0.6) is 5.75 Å². The van der Waals surface area contributed by atoms with Crippen LogP contribution >= 0.6 is 0 Å². The molecule has 0 spiro atoms. The van der Waals surface area contributed by atoms with E-state index < -0.39 is 17.7 Å². The molecule has 1 amide bonds. The van der Waals surface area contributed by atoms with E-state index in [9.17, 15) is 14.7 Å². The van der Waals surface area contributed by atoms with Crippen LogP contribution in [0.3, 0.4) is 0 Å². The van der Waals surface area contributed by atoms with Crippen LogP contribution in [0.2, 0.25) is 0 Å². The fourth-order valence-electron chi connectivity index (χ4n) is 4.28. The summed E-state index contributed by atoms with van der Waals surface area (Å²) in [6.45, 7) is 2.41. The van der Waals surface area contributed by atoms with Gasteiger partial charge >= 0.3 is 0 Å². The molecular weight excluding hydrogens is 428 g/mol. The molecule has 1 N–H and O–H groups in total. The second kappa shape index (κ2) is 8.83. The van der Waals surface area contributed by atoms with E-state index in [0.717, 1.165) is 10.8 Å². The van der Waals surface area contributed by atoms with Gasteiger partial charge in [-0.25, -0.2) is 0 Å². The molecule has 6 nitrogen and oxygen atoms in total. The van der Waals surface area contributed by atoms with Crippen LogP contribution in [0.1, 0.15) is 24.2 Å². The molecule has 1 atom stereocenters. The zero-order chi connectivity index (χ0) is 23.7. The van der Waals surface area contributed by atoms with Gasteiger partial charge in [-0.15, -0.1) is 0 Å². The van der Waals surface area contributed by atoms with Crippen LogP contribution in [-0.2, 0) is 9.59 Å². The van der Waals surface area contributed by atoms with Gasteiger partial charge in [0.15, 0.2) is 0 Å². The van der Waals surface area contributed by atoms with Crippen LogP contribution in [0.4, 0.5) is 5.69 Å².